The van der Waals surface area contributed by atoms with Crippen molar-refractivity contribution in [2.24, 2.45) is 0 Å². The molecule has 2 unspecified atom stereocenters. The Hall–Kier alpha value is -1.69. The second-order valence-electron chi connectivity index (χ2n) is 5.20. The number of halogens is 2. The molecule has 4 nitrogen and oxygen atoms in total. The summed E-state index contributed by atoms with van der Waals surface area (Å²) in [6, 6.07) is 5.18. The van der Waals surface area contributed by atoms with Crippen molar-refractivity contribution in [2.75, 3.05) is 19.7 Å². The lowest BCUT2D eigenvalue weighted by molar-refractivity contribution is 0.0505. The molecule has 1 heterocycles. The maximum atomic E-state index is 12.6. The van der Waals surface area contributed by atoms with E-state index in [1.807, 2.05) is 19.9 Å². The third-order valence-corrected chi connectivity index (χ3v) is 3.79. The predicted octanol–water partition coefficient (Wildman–Crippen LogP) is 2.27. The van der Waals surface area contributed by atoms with E-state index in [0.29, 0.717) is 5.75 Å². The third-order valence-electron chi connectivity index (χ3n) is 3.79. The molecule has 2 atom stereocenters. The minimum Gasteiger partial charge on any atom is -0.489 e. The van der Waals surface area contributed by atoms with Crippen molar-refractivity contribution in [3.8, 4) is 5.75 Å². The quantitative estimate of drug-likeness (QED) is 0.907. The molecule has 21 heavy (non-hydrogen) atoms. The molecule has 0 saturated carbocycles. The molecule has 1 aromatic carbocycles. The largest absolute Gasteiger partial charge is 0.489 e. The molecule has 1 amide bonds. The van der Waals surface area contributed by atoms with Crippen LogP contribution < -0.4 is 4.74 Å². The van der Waals surface area contributed by atoms with Crippen LogP contribution in [0.3, 0.4) is 0 Å². The third kappa shape index (κ3) is 3.15. The molecule has 1 aliphatic heterocycles. The summed E-state index contributed by atoms with van der Waals surface area (Å²) in [5.74, 6) is 0.0800. The van der Waals surface area contributed by atoms with Crippen molar-refractivity contribution < 1.29 is 23.4 Å². The van der Waals surface area contributed by atoms with Crippen LogP contribution in [0, 0.1) is 0 Å². The number of amides is 1. The van der Waals surface area contributed by atoms with Crippen molar-refractivity contribution >= 4 is 5.91 Å². The highest BCUT2D eigenvalue weighted by Gasteiger charge is 2.32. The van der Waals surface area contributed by atoms with E-state index < -0.39 is 18.9 Å². The number of carbonyl (C=O) groups is 1. The van der Waals surface area contributed by atoms with Gasteiger partial charge in [0.1, 0.15) is 11.9 Å². The number of nitrogens with zero attached hydrogens (tertiary/aromatic N) is 1. The zero-order valence-corrected chi connectivity index (χ0v) is 12.1. The summed E-state index contributed by atoms with van der Waals surface area (Å²) in [5, 5.41) is 8.95. The van der Waals surface area contributed by atoms with E-state index in [9.17, 15) is 13.6 Å². The molecule has 6 heteroatoms. The lowest BCUT2D eigenvalue weighted by atomic mass is 9.96. The van der Waals surface area contributed by atoms with Crippen LogP contribution in [0.2, 0.25) is 0 Å². The summed E-state index contributed by atoms with van der Waals surface area (Å²) in [6.07, 6.45) is -2.70. The van der Waals surface area contributed by atoms with Crippen LogP contribution >= 0.6 is 0 Å². The van der Waals surface area contributed by atoms with Crippen molar-refractivity contribution in [1.29, 1.82) is 0 Å². The number of ether oxygens (including phenoxy) is 1. The molecule has 1 aromatic rings. The van der Waals surface area contributed by atoms with E-state index in [0.717, 1.165) is 10.5 Å². The molecule has 0 spiro atoms. The second kappa shape index (κ2) is 6.39. The zero-order valence-electron chi connectivity index (χ0n) is 12.1. The highest BCUT2D eigenvalue weighted by molar-refractivity contribution is 5.97. The maximum absolute atomic E-state index is 12.6. The molecule has 0 saturated heterocycles. The van der Waals surface area contributed by atoms with E-state index in [-0.39, 0.29) is 30.7 Å². The van der Waals surface area contributed by atoms with Crippen LogP contribution in [0.25, 0.3) is 0 Å². The van der Waals surface area contributed by atoms with Gasteiger partial charge in [-0.25, -0.2) is 8.78 Å². The Morgan fingerprint density at radius 1 is 1.43 bits per heavy atom. The number of alkyl halides is 2. The molecule has 1 N–H and O–H groups in total. The van der Waals surface area contributed by atoms with Crippen molar-refractivity contribution in [3.05, 3.63) is 29.3 Å². The first kappa shape index (κ1) is 15.7. The number of para-hydroxylation sites is 1. The average Bonchev–Trinajstić information content (AvgIpc) is 2.73. The number of carbonyl (C=O) groups excluding carboxylic acids is 1. The fraction of sp³-hybridized carbons (Fsp3) is 0.533. The number of rotatable bonds is 5. The van der Waals surface area contributed by atoms with Gasteiger partial charge in [-0.1, -0.05) is 19.1 Å². The van der Waals surface area contributed by atoms with Gasteiger partial charge in [-0.15, -0.1) is 0 Å². The second-order valence-corrected chi connectivity index (χ2v) is 5.20. The number of fused-ring (bicyclic) bond motifs is 1. The lowest BCUT2D eigenvalue weighted by Crippen LogP contribution is -2.37. The van der Waals surface area contributed by atoms with Gasteiger partial charge in [-0.3, -0.25) is 4.79 Å². The maximum Gasteiger partial charge on any atom is 0.257 e. The number of hydrogen-bond acceptors (Lipinski definition) is 3. The molecule has 116 valence electrons. The van der Waals surface area contributed by atoms with Crippen LogP contribution in [0.4, 0.5) is 8.78 Å². The monoisotopic (exact) mass is 299 g/mol. The van der Waals surface area contributed by atoms with Crippen molar-refractivity contribution in [1.82, 2.24) is 4.90 Å². The van der Waals surface area contributed by atoms with Crippen LogP contribution in [0.1, 0.15) is 35.7 Å². The van der Waals surface area contributed by atoms with Crippen LogP contribution in [-0.2, 0) is 0 Å². The highest BCUT2D eigenvalue weighted by Crippen LogP contribution is 2.40. The summed E-state index contributed by atoms with van der Waals surface area (Å²) < 4.78 is 30.9. The number of aliphatic hydroxyl groups excluding tert-OH is 1. The van der Waals surface area contributed by atoms with Gasteiger partial charge in [0.05, 0.1) is 18.7 Å². The van der Waals surface area contributed by atoms with Gasteiger partial charge < -0.3 is 14.7 Å². The van der Waals surface area contributed by atoms with Crippen LogP contribution in [0.5, 0.6) is 5.75 Å². The Morgan fingerprint density at radius 2 is 2.14 bits per heavy atom. The topological polar surface area (TPSA) is 49.8 Å². The average molecular weight is 299 g/mol. The van der Waals surface area contributed by atoms with Gasteiger partial charge in [0.15, 0.2) is 0 Å². The smallest absolute Gasteiger partial charge is 0.257 e. The Labute approximate surface area is 122 Å². The zero-order chi connectivity index (χ0) is 15.6. The van der Waals surface area contributed by atoms with Gasteiger partial charge in [-0.2, -0.15) is 0 Å². The Morgan fingerprint density at radius 3 is 2.76 bits per heavy atom. The fourth-order valence-electron chi connectivity index (χ4n) is 2.49. The van der Waals surface area contributed by atoms with Gasteiger partial charge in [0, 0.05) is 18.0 Å². The molecule has 0 radical (unpaired) electrons. The Balaban J connectivity index is 2.31. The summed E-state index contributed by atoms with van der Waals surface area (Å²) in [6.45, 7) is 2.71. The molecule has 0 fully saturated rings. The molecule has 0 aromatic heterocycles. The lowest BCUT2D eigenvalue weighted by Gasteiger charge is -2.22. The van der Waals surface area contributed by atoms with Gasteiger partial charge in [-0.05, 0) is 13.0 Å². The standard InChI is InChI=1S/C15H19F2NO3/c1-9-10(2)21-14-11(9)4-3-5-12(14)15(20)18(6-7-19)8-13(16)17/h3-5,9-10,13,19H,6-8H2,1-2H3. The summed E-state index contributed by atoms with van der Waals surface area (Å²) in [5.41, 5.74) is 1.19. The van der Waals surface area contributed by atoms with Gasteiger partial charge in [0.2, 0.25) is 0 Å². The minimum atomic E-state index is -2.64. The SMILES string of the molecule is CC1Oc2c(C(=O)N(CCO)CC(F)F)cccc2C1C. The Bertz CT molecular complexity index is 522. The first-order valence-electron chi connectivity index (χ1n) is 6.93. The van der Waals surface area contributed by atoms with E-state index in [2.05, 4.69) is 0 Å². The predicted molar refractivity (Wildman–Crippen MR) is 73.9 cm³/mol. The Kier molecular flexibility index (Phi) is 4.77. The van der Waals surface area contributed by atoms with Crippen LogP contribution in [-0.4, -0.2) is 48.1 Å². The highest BCUT2D eigenvalue weighted by atomic mass is 19.3. The van der Waals surface area contributed by atoms with E-state index in [1.165, 1.54) is 0 Å². The number of aliphatic hydroxyl groups is 1. The first-order valence-corrected chi connectivity index (χ1v) is 6.93. The molecular weight excluding hydrogens is 280 g/mol. The molecular formula is C15H19F2NO3. The molecule has 0 bridgehead atoms. The van der Waals surface area contributed by atoms with Crippen molar-refractivity contribution in [3.63, 3.8) is 0 Å². The summed E-state index contributed by atoms with van der Waals surface area (Å²) in [7, 11) is 0. The van der Waals surface area contributed by atoms with Crippen LogP contribution in [0.15, 0.2) is 18.2 Å². The van der Waals surface area contributed by atoms with E-state index in [4.69, 9.17) is 9.84 Å². The van der Waals surface area contributed by atoms with Gasteiger partial charge in [0.25, 0.3) is 12.3 Å². The van der Waals surface area contributed by atoms with E-state index in [1.54, 1.807) is 12.1 Å². The fourth-order valence-corrected chi connectivity index (χ4v) is 2.49. The van der Waals surface area contributed by atoms with Crippen molar-refractivity contribution in [2.45, 2.75) is 32.3 Å². The van der Waals surface area contributed by atoms with E-state index >= 15 is 0 Å². The number of benzene rings is 1. The first-order chi connectivity index (χ1) is 9.95. The number of hydrogen-bond donors (Lipinski definition) is 1. The summed E-state index contributed by atoms with van der Waals surface area (Å²) in [4.78, 5) is 13.4. The minimum absolute atomic E-state index is 0.0599. The molecule has 1 aliphatic rings. The normalized spacial score (nSPS) is 20.3. The summed E-state index contributed by atoms with van der Waals surface area (Å²) >= 11 is 0. The molecule has 0 aliphatic carbocycles. The van der Waals surface area contributed by atoms with Gasteiger partial charge >= 0.3 is 0 Å². The molecule has 2 rings (SSSR count).